The Labute approximate surface area is 194 Å². The lowest BCUT2D eigenvalue weighted by molar-refractivity contribution is -0.140. The van der Waals surface area contributed by atoms with E-state index in [1.165, 1.54) is 22.5 Å². The fourth-order valence-electron chi connectivity index (χ4n) is 4.49. The molecular weight excluding hydrogens is 456 g/mol. The smallest absolute Gasteiger partial charge is 0.338 e. The number of ether oxygens (including phenoxy) is 2. The molecule has 1 amide bonds. The first-order chi connectivity index (χ1) is 15.0. The number of halogens is 1. The highest BCUT2D eigenvalue weighted by atomic mass is 35.5. The summed E-state index contributed by atoms with van der Waals surface area (Å²) in [6, 6.07) is 4.15. The highest BCUT2D eigenvalue weighted by Crippen LogP contribution is 2.28. The van der Waals surface area contributed by atoms with Crippen molar-refractivity contribution in [2.24, 2.45) is 0 Å². The first-order valence-electron chi connectivity index (χ1n) is 10.9. The maximum absolute atomic E-state index is 13.2. The van der Waals surface area contributed by atoms with Crippen LogP contribution in [0.5, 0.6) is 0 Å². The van der Waals surface area contributed by atoms with Crippen LogP contribution in [0.15, 0.2) is 23.1 Å². The molecule has 0 spiro atoms. The van der Waals surface area contributed by atoms with Gasteiger partial charge in [-0.1, -0.05) is 11.6 Å². The summed E-state index contributed by atoms with van der Waals surface area (Å²) < 4.78 is 38.5. The predicted molar refractivity (Wildman–Crippen MR) is 120 cm³/mol. The van der Waals surface area contributed by atoms with Crippen LogP contribution in [0.3, 0.4) is 0 Å². The predicted octanol–water partition coefficient (Wildman–Crippen LogP) is 3.08. The molecule has 2 aliphatic heterocycles. The van der Waals surface area contributed by atoms with Gasteiger partial charge in [-0.3, -0.25) is 4.79 Å². The zero-order chi connectivity index (χ0) is 23.6. The molecule has 8 nitrogen and oxygen atoms in total. The monoisotopic (exact) mass is 486 g/mol. The molecule has 2 saturated heterocycles. The molecule has 32 heavy (non-hydrogen) atoms. The molecule has 2 aliphatic rings. The SMILES string of the molecule is C[C@@H]1CN(S(=O)(=O)c2cc(C(=O)OCC(=O)N3[C@H](C)CCC[C@H]3C)ccc2Cl)C[C@H](C)O1. The molecule has 0 N–H and O–H groups in total. The minimum absolute atomic E-state index is 0.0143. The van der Waals surface area contributed by atoms with Gasteiger partial charge in [0.25, 0.3) is 5.91 Å². The fraction of sp³-hybridized carbons (Fsp3) is 0.636. The number of nitrogens with zero attached hydrogens (tertiary/aromatic N) is 2. The molecule has 0 saturated carbocycles. The summed E-state index contributed by atoms with van der Waals surface area (Å²) in [6.07, 6.45) is 2.38. The zero-order valence-corrected chi connectivity index (χ0v) is 20.5. The standard InChI is InChI=1S/C22H31ClN2O6S/c1-14-6-5-7-15(2)25(14)21(26)13-30-22(27)18-8-9-19(23)20(10-18)32(28,29)24-11-16(3)31-17(4)12-24/h8-10,14-17H,5-7,11-13H2,1-4H3/t14-,15-,16-,17+/m1/s1. The molecule has 0 unspecified atom stereocenters. The van der Waals surface area contributed by atoms with E-state index in [0.717, 1.165) is 19.3 Å². The van der Waals surface area contributed by atoms with E-state index in [1.807, 2.05) is 13.8 Å². The van der Waals surface area contributed by atoms with Crippen molar-refractivity contribution in [3.8, 4) is 0 Å². The number of rotatable bonds is 5. The molecule has 0 bridgehead atoms. The van der Waals surface area contributed by atoms with E-state index in [0.29, 0.717) is 0 Å². The molecule has 3 rings (SSSR count). The van der Waals surface area contributed by atoms with Crippen molar-refractivity contribution < 1.29 is 27.5 Å². The number of hydrogen-bond donors (Lipinski definition) is 0. The minimum Gasteiger partial charge on any atom is -0.452 e. The number of likely N-dealkylation sites (tertiary alicyclic amines) is 1. The van der Waals surface area contributed by atoms with Gasteiger partial charge in [-0.15, -0.1) is 0 Å². The first-order valence-corrected chi connectivity index (χ1v) is 12.8. The number of amides is 1. The topological polar surface area (TPSA) is 93.2 Å². The van der Waals surface area contributed by atoms with E-state index in [9.17, 15) is 18.0 Å². The second-order valence-electron chi connectivity index (χ2n) is 8.73. The van der Waals surface area contributed by atoms with E-state index in [1.54, 1.807) is 18.7 Å². The van der Waals surface area contributed by atoms with Crippen LogP contribution in [0.4, 0.5) is 0 Å². The van der Waals surface area contributed by atoms with Crippen molar-refractivity contribution in [2.45, 2.75) is 76.1 Å². The largest absolute Gasteiger partial charge is 0.452 e. The third kappa shape index (κ3) is 5.44. The number of hydrogen-bond acceptors (Lipinski definition) is 6. The summed E-state index contributed by atoms with van der Waals surface area (Å²) in [4.78, 5) is 26.8. The van der Waals surface area contributed by atoms with Crippen molar-refractivity contribution in [3.63, 3.8) is 0 Å². The van der Waals surface area contributed by atoms with Gasteiger partial charge in [-0.25, -0.2) is 13.2 Å². The average Bonchev–Trinajstić information content (AvgIpc) is 2.71. The summed E-state index contributed by atoms with van der Waals surface area (Å²) in [5.41, 5.74) is 0.0230. The number of piperidine rings is 1. The summed E-state index contributed by atoms with van der Waals surface area (Å²) >= 11 is 6.19. The number of benzene rings is 1. The van der Waals surface area contributed by atoms with E-state index in [4.69, 9.17) is 21.1 Å². The average molecular weight is 487 g/mol. The van der Waals surface area contributed by atoms with Crippen LogP contribution in [0.2, 0.25) is 5.02 Å². The summed E-state index contributed by atoms with van der Waals surface area (Å²) in [5.74, 6) is -1.02. The van der Waals surface area contributed by atoms with Crippen LogP contribution in [0.25, 0.3) is 0 Å². The van der Waals surface area contributed by atoms with Gasteiger partial charge in [0.15, 0.2) is 6.61 Å². The Balaban J connectivity index is 1.73. The summed E-state index contributed by atoms with van der Waals surface area (Å²) in [7, 11) is -3.94. The summed E-state index contributed by atoms with van der Waals surface area (Å²) in [6.45, 7) is 7.56. The van der Waals surface area contributed by atoms with Crippen LogP contribution in [-0.4, -0.2) is 73.5 Å². The molecular formula is C22H31ClN2O6S. The molecule has 0 aromatic heterocycles. The Morgan fingerprint density at radius 2 is 1.69 bits per heavy atom. The third-order valence-corrected chi connectivity index (χ3v) is 8.29. The normalized spacial score (nSPS) is 27.2. The number of carbonyl (C=O) groups is 2. The van der Waals surface area contributed by atoms with Crippen LogP contribution < -0.4 is 0 Å². The second kappa shape index (κ2) is 10.1. The van der Waals surface area contributed by atoms with E-state index < -0.39 is 22.6 Å². The number of esters is 1. The second-order valence-corrected chi connectivity index (χ2v) is 11.0. The zero-order valence-electron chi connectivity index (χ0n) is 18.9. The van der Waals surface area contributed by atoms with Gasteiger partial charge in [-0.2, -0.15) is 4.31 Å². The molecule has 0 aliphatic carbocycles. The van der Waals surface area contributed by atoms with Gasteiger partial charge in [0.1, 0.15) is 4.90 Å². The Morgan fingerprint density at radius 1 is 1.09 bits per heavy atom. The quantitative estimate of drug-likeness (QED) is 0.594. The lowest BCUT2D eigenvalue weighted by atomic mass is 9.97. The minimum atomic E-state index is -3.94. The lowest BCUT2D eigenvalue weighted by Gasteiger charge is -2.38. The van der Waals surface area contributed by atoms with Gasteiger partial charge < -0.3 is 14.4 Å². The Bertz CT molecular complexity index is 949. The maximum Gasteiger partial charge on any atom is 0.338 e. The molecule has 0 radical (unpaired) electrons. The lowest BCUT2D eigenvalue weighted by Crippen LogP contribution is -2.49. The van der Waals surface area contributed by atoms with Crippen molar-refractivity contribution in [1.82, 2.24) is 9.21 Å². The molecule has 2 heterocycles. The molecule has 10 heteroatoms. The Hall–Kier alpha value is -1.68. The fourth-order valence-corrected chi connectivity index (χ4v) is 6.58. The number of carbonyl (C=O) groups excluding carboxylic acids is 2. The molecule has 4 atom stereocenters. The van der Waals surface area contributed by atoms with E-state index in [-0.39, 0.29) is 58.8 Å². The van der Waals surface area contributed by atoms with Crippen LogP contribution in [0.1, 0.15) is 57.3 Å². The van der Waals surface area contributed by atoms with Gasteiger partial charge in [0.2, 0.25) is 10.0 Å². The number of sulfonamides is 1. The van der Waals surface area contributed by atoms with Crippen molar-refractivity contribution in [2.75, 3.05) is 19.7 Å². The molecule has 1 aromatic rings. The van der Waals surface area contributed by atoms with Crippen LogP contribution >= 0.6 is 11.6 Å². The van der Waals surface area contributed by atoms with Crippen molar-refractivity contribution in [1.29, 1.82) is 0 Å². The van der Waals surface area contributed by atoms with Crippen molar-refractivity contribution >= 4 is 33.5 Å². The highest BCUT2D eigenvalue weighted by molar-refractivity contribution is 7.89. The van der Waals surface area contributed by atoms with Crippen molar-refractivity contribution in [3.05, 3.63) is 28.8 Å². The number of morpholine rings is 1. The van der Waals surface area contributed by atoms with Gasteiger partial charge in [0, 0.05) is 25.2 Å². The first kappa shape index (κ1) is 25.0. The van der Waals surface area contributed by atoms with Crippen LogP contribution in [0, 0.1) is 0 Å². The van der Waals surface area contributed by atoms with Gasteiger partial charge in [0.05, 0.1) is 22.8 Å². The molecule has 2 fully saturated rings. The molecule has 178 valence electrons. The summed E-state index contributed by atoms with van der Waals surface area (Å²) in [5, 5.41) is 0.0143. The maximum atomic E-state index is 13.2. The highest BCUT2D eigenvalue weighted by Gasteiger charge is 2.34. The van der Waals surface area contributed by atoms with Gasteiger partial charge >= 0.3 is 5.97 Å². The van der Waals surface area contributed by atoms with E-state index in [2.05, 4.69) is 0 Å². The van der Waals surface area contributed by atoms with Crippen LogP contribution in [-0.2, 0) is 24.3 Å². The van der Waals surface area contributed by atoms with E-state index >= 15 is 0 Å². The third-order valence-electron chi connectivity index (χ3n) is 5.98. The van der Waals surface area contributed by atoms with Gasteiger partial charge in [-0.05, 0) is 65.2 Å². The molecule has 1 aromatic carbocycles. The Morgan fingerprint density at radius 3 is 2.28 bits per heavy atom. The Kier molecular flexibility index (Phi) is 7.85.